The average Bonchev–Trinajstić information content (AvgIpc) is 3.46. The van der Waals surface area contributed by atoms with Gasteiger partial charge in [0, 0.05) is 41.1 Å². The number of aromatic nitrogens is 1. The molecule has 6 heteroatoms. The van der Waals surface area contributed by atoms with E-state index in [9.17, 15) is 9.59 Å². The van der Waals surface area contributed by atoms with E-state index in [4.69, 9.17) is 9.47 Å². The van der Waals surface area contributed by atoms with E-state index in [1.165, 1.54) is 17.5 Å². The first-order valence-corrected chi connectivity index (χ1v) is 19.2. The van der Waals surface area contributed by atoms with Gasteiger partial charge >= 0.3 is 5.97 Å². The van der Waals surface area contributed by atoms with E-state index in [1.54, 1.807) is 0 Å². The van der Waals surface area contributed by atoms with Crippen LogP contribution in [0.5, 0.6) is 5.75 Å². The summed E-state index contributed by atoms with van der Waals surface area (Å²) in [5.74, 6) is 3.95. The molecule has 0 radical (unpaired) electrons. The zero-order chi connectivity index (χ0) is 34.4. The first kappa shape index (κ1) is 33.4. The number of hydrogen-bond donors (Lipinski definition) is 0. The van der Waals surface area contributed by atoms with Crippen LogP contribution in [-0.4, -0.2) is 47.4 Å². The molecular formula is C44H52N2O4. The van der Waals surface area contributed by atoms with Crippen molar-refractivity contribution >= 4 is 22.7 Å². The van der Waals surface area contributed by atoms with Gasteiger partial charge in [-0.1, -0.05) is 43.8 Å². The number of hydrogen-bond acceptors (Lipinski definition) is 6. The molecule has 3 aliphatic carbocycles. The van der Waals surface area contributed by atoms with Crippen molar-refractivity contribution in [2.24, 2.45) is 29.1 Å². The Morgan fingerprint density at radius 3 is 2.82 bits per heavy atom. The third-order valence-corrected chi connectivity index (χ3v) is 13.6. The van der Waals surface area contributed by atoms with E-state index in [0.29, 0.717) is 54.0 Å². The van der Waals surface area contributed by atoms with Crippen molar-refractivity contribution in [1.29, 1.82) is 0 Å². The Kier molecular flexibility index (Phi) is 9.18. The lowest BCUT2D eigenvalue weighted by Crippen LogP contribution is -2.55. The number of para-hydroxylation sites is 1. The lowest BCUT2D eigenvalue weighted by Gasteiger charge is -2.51. The summed E-state index contributed by atoms with van der Waals surface area (Å²) in [7, 11) is 0. The SMILES string of the molecule is C=CC1CN2CCC1CC2[C@@H](OC(=O)C(=C)CCCCOc1ccc2c(c1)CC[C@@H]1[C@@H]2CC[C@]2(C)C(=O)CC[C@@H]12)c1ccnc2ccccc12. The van der Waals surface area contributed by atoms with Crippen LogP contribution in [0.4, 0.5) is 0 Å². The molecule has 9 rings (SSSR count). The molecule has 3 aromatic rings. The molecule has 0 N–H and O–H groups in total. The number of nitrogens with zero attached hydrogens (tertiary/aromatic N) is 2. The predicted molar refractivity (Wildman–Crippen MR) is 197 cm³/mol. The lowest BCUT2D eigenvalue weighted by atomic mass is 9.55. The van der Waals surface area contributed by atoms with Gasteiger partial charge in [-0.3, -0.25) is 14.7 Å². The minimum absolute atomic E-state index is 0.0807. The van der Waals surface area contributed by atoms with Gasteiger partial charge in [-0.15, -0.1) is 6.58 Å². The predicted octanol–water partition coefficient (Wildman–Crippen LogP) is 8.95. The Labute approximate surface area is 297 Å². The van der Waals surface area contributed by atoms with Crippen molar-refractivity contribution in [3.05, 3.63) is 96.2 Å². The highest BCUT2D eigenvalue weighted by atomic mass is 16.5. The fourth-order valence-electron chi connectivity index (χ4n) is 10.8. The molecule has 0 amide bonds. The molecule has 9 atom stereocenters. The summed E-state index contributed by atoms with van der Waals surface area (Å²) >= 11 is 0. The van der Waals surface area contributed by atoms with Crippen molar-refractivity contribution in [1.82, 2.24) is 9.88 Å². The second-order valence-electron chi connectivity index (χ2n) is 16.1. The van der Waals surface area contributed by atoms with Crippen molar-refractivity contribution in [3.63, 3.8) is 0 Å². The summed E-state index contributed by atoms with van der Waals surface area (Å²) in [4.78, 5) is 33.4. The van der Waals surface area contributed by atoms with E-state index < -0.39 is 0 Å². The van der Waals surface area contributed by atoms with E-state index >= 15 is 0 Å². The third-order valence-electron chi connectivity index (χ3n) is 13.6. The zero-order valence-corrected chi connectivity index (χ0v) is 29.7. The van der Waals surface area contributed by atoms with Gasteiger partial charge < -0.3 is 9.47 Å². The molecule has 50 heavy (non-hydrogen) atoms. The monoisotopic (exact) mass is 672 g/mol. The van der Waals surface area contributed by atoms with E-state index in [2.05, 4.69) is 60.3 Å². The van der Waals surface area contributed by atoms with Gasteiger partial charge in [0.2, 0.25) is 0 Å². The molecule has 3 aliphatic heterocycles. The van der Waals surface area contributed by atoms with Crippen LogP contribution in [0.25, 0.3) is 10.9 Å². The third kappa shape index (κ3) is 6.01. The van der Waals surface area contributed by atoms with Crippen molar-refractivity contribution in [2.45, 2.75) is 95.6 Å². The molecule has 262 valence electrons. The number of pyridine rings is 1. The molecular weight excluding hydrogens is 620 g/mol. The Balaban J connectivity index is 0.863. The zero-order valence-electron chi connectivity index (χ0n) is 29.7. The molecule has 1 aromatic heterocycles. The van der Waals surface area contributed by atoms with Crippen LogP contribution >= 0.6 is 0 Å². The molecule has 4 heterocycles. The first-order valence-electron chi connectivity index (χ1n) is 19.2. The van der Waals surface area contributed by atoms with Gasteiger partial charge in [-0.25, -0.2) is 4.79 Å². The van der Waals surface area contributed by atoms with Crippen molar-refractivity contribution in [3.8, 4) is 5.75 Å². The number of carbonyl (C=O) groups is 2. The van der Waals surface area contributed by atoms with Gasteiger partial charge in [-0.05, 0) is 136 Å². The van der Waals surface area contributed by atoms with Gasteiger partial charge in [0.1, 0.15) is 17.6 Å². The van der Waals surface area contributed by atoms with Gasteiger partial charge in [-0.2, -0.15) is 0 Å². The number of fused-ring (bicyclic) bond motifs is 9. The average molecular weight is 673 g/mol. The second-order valence-corrected chi connectivity index (χ2v) is 16.1. The van der Waals surface area contributed by atoms with Crippen LogP contribution in [-0.2, 0) is 20.7 Å². The number of piperidine rings is 3. The fourth-order valence-corrected chi connectivity index (χ4v) is 10.8. The molecule has 2 saturated carbocycles. The van der Waals surface area contributed by atoms with Gasteiger partial charge in [0.05, 0.1) is 18.2 Å². The van der Waals surface area contributed by atoms with Gasteiger partial charge in [0.15, 0.2) is 0 Å². The smallest absolute Gasteiger partial charge is 0.334 e. The Morgan fingerprint density at radius 2 is 1.98 bits per heavy atom. The Hall–Kier alpha value is -3.77. The highest BCUT2D eigenvalue weighted by Gasteiger charge is 2.54. The number of ketones is 1. The number of esters is 1. The van der Waals surface area contributed by atoms with E-state index in [-0.39, 0.29) is 23.5 Å². The van der Waals surface area contributed by atoms with Crippen LogP contribution in [0.15, 0.2) is 79.5 Å². The minimum Gasteiger partial charge on any atom is -0.494 e. The largest absolute Gasteiger partial charge is 0.494 e. The standard InChI is InChI=1S/C44H52N2O4/c1-4-29-27-46-23-20-30(29)26-40(46)42(37-19-22-45-39-11-6-5-10-36(37)39)50-43(48)28(2)9-7-8-24-49-32-13-15-33-31(25-32)12-14-35-34(33)18-21-44(3)38(35)16-17-41(44)47/h4-6,10-11,13,15,19,22,25,29-30,34-35,38,40,42H,1-2,7-9,12,14,16-18,20-21,23-24,26-27H2,3H3/t29?,30?,34-,35-,38+,40?,42+,44+/m1/s1. The molecule has 0 spiro atoms. The van der Waals surface area contributed by atoms with Crippen LogP contribution in [0.3, 0.4) is 0 Å². The molecule has 6 aliphatic rings. The normalized spacial score (nSPS) is 31.7. The number of aryl methyl sites for hydroxylation is 1. The highest BCUT2D eigenvalue weighted by Crippen LogP contribution is 2.59. The highest BCUT2D eigenvalue weighted by molar-refractivity contribution is 5.89. The van der Waals surface area contributed by atoms with E-state index in [1.807, 2.05) is 30.5 Å². The number of ether oxygens (including phenoxy) is 2. The fraction of sp³-hybridized carbons (Fsp3) is 0.523. The summed E-state index contributed by atoms with van der Waals surface area (Å²) in [6.45, 7) is 13.1. The quantitative estimate of drug-likeness (QED) is 0.0877. The van der Waals surface area contributed by atoms with Crippen molar-refractivity contribution in [2.75, 3.05) is 19.7 Å². The lowest BCUT2D eigenvalue weighted by molar-refractivity contribution is -0.152. The maximum Gasteiger partial charge on any atom is 0.334 e. The van der Waals surface area contributed by atoms with E-state index in [0.717, 1.165) is 93.1 Å². The summed E-state index contributed by atoms with van der Waals surface area (Å²) in [5.41, 5.74) is 5.28. The van der Waals surface area contributed by atoms with Crippen LogP contribution in [0.1, 0.15) is 99.8 Å². The maximum atomic E-state index is 13.6. The summed E-state index contributed by atoms with van der Waals surface area (Å²) in [6, 6.07) is 17.0. The molecule has 3 saturated heterocycles. The molecule has 5 fully saturated rings. The molecule has 6 nitrogen and oxygen atoms in total. The number of unbranched alkanes of at least 4 members (excludes halogenated alkanes) is 1. The van der Waals surface area contributed by atoms with Crippen LogP contribution < -0.4 is 4.74 Å². The minimum atomic E-state index is -0.387. The first-order chi connectivity index (χ1) is 24.3. The molecule has 4 unspecified atom stereocenters. The van der Waals surface area contributed by atoms with Crippen LogP contribution in [0, 0.1) is 29.1 Å². The van der Waals surface area contributed by atoms with Gasteiger partial charge in [0.25, 0.3) is 0 Å². The topological polar surface area (TPSA) is 68.7 Å². The Bertz CT molecular complexity index is 1790. The summed E-state index contributed by atoms with van der Waals surface area (Å²) in [5, 5.41) is 1.03. The summed E-state index contributed by atoms with van der Waals surface area (Å²) in [6.07, 6.45) is 14.2. The number of benzene rings is 2. The molecule has 2 bridgehead atoms. The number of carbonyl (C=O) groups excluding carboxylic acids is 2. The van der Waals surface area contributed by atoms with Crippen LogP contribution in [0.2, 0.25) is 0 Å². The Morgan fingerprint density at radius 1 is 1.10 bits per heavy atom. The summed E-state index contributed by atoms with van der Waals surface area (Å²) < 4.78 is 12.7. The number of rotatable bonds is 11. The maximum absolute atomic E-state index is 13.6. The van der Waals surface area contributed by atoms with Crippen molar-refractivity contribution < 1.29 is 19.1 Å². The second kappa shape index (κ2) is 13.7. The molecule has 2 aromatic carbocycles. The number of Topliss-reactive ketones (excluding diaryl/α,β-unsaturated/α-hetero) is 1.